The van der Waals surface area contributed by atoms with Crippen molar-refractivity contribution in [3.05, 3.63) is 50.5 Å². The lowest BCUT2D eigenvalue weighted by molar-refractivity contribution is -0.388. The van der Waals surface area contributed by atoms with Gasteiger partial charge in [-0.05, 0) is 19.8 Å². The molecule has 0 amide bonds. The van der Waals surface area contributed by atoms with E-state index in [4.69, 9.17) is 0 Å². The smallest absolute Gasteiger partial charge is 0.343 e. The van der Waals surface area contributed by atoms with Crippen molar-refractivity contribution in [3.8, 4) is 0 Å². The average Bonchev–Trinajstić information content (AvgIpc) is 3.15. The number of carbonyl (C=O) groups is 2. The maximum absolute atomic E-state index is 14.5. The lowest BCUT2D eigenvalue weighted by Crippen LogP contribution is -2.25. The van der Waals surface area contributed by atoms with E-state index in [0.29, 0.717) is 0 Å². The number of hydrogen-bond acceptors (Lipinski definition) is 6. The second-order valence-corrected chi connectivity index (χ2v) is 6.07. The first-order valence-corrected chi connectivity index (χ1v) is 8.11. The van der Waals surface area contributed by atoms with Crippen LogP contribution in [0, 0.1) is 34.5 Å². The number of nitro benzene ring substituents is 1. The van der Waals surface area contributed by atoms with E-state index in [1.165, 1.54) is 0 Å². The number of carbonyl (C=O) groups excluding carboxylic acids is 2. The molecule has 0 aromatic heterocycles. The molecule has 0 unspecified atom stereocenters. The molecule has 1 N–H and O–H groups in total. The molecule has 1 saturated carbocycles. The zero-order valence-electron chi connectivity index (χ0n) is 14.6. The predicted octanol–water partition coefficient (Wildman–Crippen LogP) is 3.09. The zero-order valence-corrected chi connectivity index (χ0v) is 14.6. The molecule has 1 aliphatic carbocycles. The minimum Gasteiger partial charge on any atom is -0.465 e. The molecular formula is C17H17F3N2O5. The van der Waals surface area contributed by atoms with Gasteiger partial charge in [0.2, 0.25) is 11.6 Å². The Kier molecular flexibility index (Phi) is 6.19. The lowest BCUT2D eigenvalue weighted by Gasteiger charge is -2.12. The topological polar surface area (TPSA) is 98.5 Å². The van der Waals surface area contributed by atoms with Crippen molar-refractivity contribution in [1.29, 1.82) is 0 Å². The molecule has 0 atom stereocenters. The third-order valence-corrected chi connectivity index (χ3v) is 4.39. The molecule has 1 aromatic carbocycles. The van der Waals surface area contributed by atoms with Crippen LogP contribution in [-0.4, -0.2) is 29.8 Å². The van der Waals surface area contributed by atoms with E-state index < -0.39 is 56.5 Å². The summed E-state index contributed by atoms with van der Waals surface area (Å²) in [6.45, 7) is 0.826. The van der Waals surface area contributed by atoms with E-state index in [2.05, 4.69) is 10.1 Å². The minimum atomic E-state index is -1.98. The van der Waals surface area contributed by atoms with Crippen LogP contribution in [0.5, 0.6) is 0 Å². The van der Waals surface area contributed by atoms with Gasteiger partial charge in [0.25, 0.3) is 0 Å². The van der Waals surface area contributed by atoms with Crippen LogP contribution in [0.3, 0.4) is 0 Å². The fourth-order valence-electron chi connectivity index (χ4n) is 2.90. The van der Waals surface area contributed by atoms with E-state index in [1.807, 2.05) is 0 Å². The van der Waals surface area contributed by atoms with Gasteiger partial charge in [0, 0.05) is 17.8 Å². The van der Waals surface area contributed by atoms with Crippen LogP contribution in [-0.2, 0) is 9.53 Å². The van der Waals surface area contributed by atoms with Crippen molar-refractivity contribution < 1.29 is 32.4 Å². The normalized spacial score (nSPS) is 14.9. The number of benzene rings is 1. The monoisotopic (exact) mass is 386 g/mol. The second-order valence-electron chi connectivity index (χ2n) is 6.07. The summed E-state index contributed by atoms with van der Waals surface area (Å²) in [4.78, 5) is 34.3. The predicted molar refractivity (Wildman–Crippen MR) is 87.5 cm³/mol. The highest BCUT2D eigenvalue weighted by Crippen LogP contribution is 2.32. The lowest BCUT2D eigenvalue weighted by atomic mass is 9.98. The van der Waals surface area contributed by atoms with Gasteiger partial charge in [0.1, 0.15) is 17.0 Å². The number of nitrogens with zero attached hydrogens (tertiary/aromatic N) is 1. The van der Waals surface area contributed by atoms with Crippen molar-refractivity contribution in [1.82, 2.24) is 5.32 Å². The minimum absolute atomic E-state index is 0.0380. The van der Waals surface area contributed by atoms with Crippen LogP contribution in [0.4, 0.5) is 18.9 Å². The number of rotatable bonds is 6. The molecule has 0 saturated heterocycles. The quantitative estimate of drug-likeness (QED) is 0.118. The van der Waals surface area contributed by atoms with Crippen molar-refractivity contribution >= 4 is 17.4 Å². The average molecular weight is 386 g/mol. The van der Waals surface area contributed by atoms with Gasteiger partial charge in [-0.15, -0.1) is 0 Å². The Morgan fingerprint density at radius 1 is 1.19 bits per heavy atom. The summed E-state index contributed by atoms with van der Waals surface area (Å²) in [5, 5.41) is 13.9. The van der Waals surface area contributed by atoms with E-state index >= 15 is 0 Å². The molecule has 146 valence electrons. The number of nitro groups is 1. The van der Waals surface area contributed by atoms with Gasteiger partial charge in [0.05, 0.1) is 12.0 Å². The summed E-state index contributed by atoms with van der Waals surface area (Å²) in [5.41, 5.74) is -4.66. The SMILES string of the molecule is COC(=O)/C(=C/NC1CCCC1)C(=O)c1c(F)c(C)c(F)c(F)c1[N+](=O)[O-]. The van der Waals surface area contributed by atoms with Crippen LogP contribution < -0.4 is 5.32 Å². The number of nitrogens with one attached hydrogen (secondary N) is 1. The Balaban J connectivity index is 2.59. The summed E-state index contributed by atoms with van der Waals surface area (Å²) in [5.74, 6) is -8.03. The Morgan fingerprint density at radius 3 is 2.30 bits per heavy atom. The highest BCUT2D eigenvalue weighted by atomic mass is 19.2. The first kappa shape index (κ1) is 20.4. The number of hydrogen-bond donors (Lipinski definition) is 1. The van der Waals surface area contributed by atoms with Gasteiger partial charge in [-0.3, -0.25) is 14.9 Å². The van der Waals surface area contributed by atoms with Gasteiger partial charge < -0.3 is 10.1 Å². The molecule has 0 bridgehead atoms. The molecule has 7 nitrogen and oxygen atoms in total. The maximum atomic E-state index is 14.5. The molecule has 10 heteroatoms. The van der Waals surface area contributed by atoms with Gasteiger partial charge >= 0.3 is 11.7 Å². The van der Waals surface area contributed by atoms with Gasteiger partial charge in [0.15, 0.2) is 5.82 Å². The van der Waals surface area contributed by atoms with Crippen LogP contribution in [0.2, 0.25) is 0 Å². The summed E-state index contributed by atoms with van der Waals surface area (Å²) in [6, 6.07) is -0.0380. The summed E-state index contributed by atoms with van der Waals surface area (Å²) in [7, 11) is 0.959. The molecule has 1 aromatic rings. The molecular weight excluding hydrogens is 369 g/mol. The summed E-state index contributed by atoms with van der Waals surface area (Å²) >= 11 is 0. The Morgan fingerprint density at radius 2 is 1.78 bits per heavy atom. The largest absolute Gasteiger partial charge is 0.465 e. The van der Waals surface area contributed by atoms with Crippen LogP contribution in [0.15, 0.2) is 11.8 Å². The van der Waals surface area contributed by atoms with Gasteiger partial charge in [-0.25, -0.2) is 13.6 Å². The Labute approximate surface area is 152 Å². The third kappa shape index (κ3) is 3.93. The first-order valence-electron chi connectivity index (χ1n) is 8.11. The zero-order chi connectivity index (χ0) is 20.3. The highest BCUT2D eigenvalue weighted by molar-refractivity contribution is 6.25. The summed E-state index contributed by atoms with van der Waals surface area (Å²) < 4.78 is 46.6. The fourth-order valence-corrected chi connectivity index (χ4v) is 2.90. The number of halogens is 3. The molecule has 0 heterocycles. The highest BCUT2D eigenvalue weighted by Gasteiger charge is 2.37. The molecule has 0 aliphatic heterocycles. The third-order valence-electron chi connectivity index (χ3n) is 4.39. The summed E-state index contributed by atoms with van der Waals surface area (Å²) in [6.07, 6.45) is 4.41. The van der Waals surface area contributed by atoms with Crippen molar-refractivity contribution in [2.45, 2.75) is 38.6 Å². The van der Waals surface area contributed by atoms with Crippen LogP contribution >= 0.6 is 0 Å². The fraction of sp³-hybridized carbons (Fsp3) is 0.412. The number of ketones is 1. The molecule has 2 rings (SSSR count). The van der Waals surface area contributed by atoms with Gasteiger partial charge in [-0.2, -0.15) is 4.39 Å². The first-order chi connectivity index (χ1) is 12.7. The Bertz CT molecular complexity index is 833. The maximum Gasteiger partial charge on any atom is 0.343 e. The molecule has 1 aliphatic rings. The van der Waals surface area contributed by atoms with Crippen LogP contribution in [0.1, 0.15) is 41.6 Å². The van der Waals surface area contributed by atoms with Crippen molar-refractivity contribution in [2.24, 2.45) is 0 Å². The van der Waals surface area contributed by atoms with Gasteiger partial charge in [-0.1, -0.05) is 12.8 Å². The number of Topliss-reactive ketones (excluding diaryl/α,β-unsaturated/α-hetero) is 1. The number of methoxy groups -OCH3 is 1. The molecule has 0 spiro atoms. The van der Waals surface area contributed by atoms with Crippen LogP contribution in [0.25, 0.3) is 0 Å². The van der Waals surface area contributed by atoms with Crippen molar-refractivity contribution in [2.75, 3.05) is 7.11 Å². The van der Waals surface area contributed by atoms with E-state index in [1.54, 1.807) is 0 Å². The standard InChI is InChI=1S/C17H17F3N2O5/c1-8-12(18)11(15(22(25)26)14(20)13(8)19)16(23)10(17(24)27-2)7-21-9-5-3-4-6-9/h7,9,21H,3-6H2,1-2H3/b10-7+. The van der Waals surface area contributed by atoms with Crippen molar-refractivity contribution in [3.63, 3.8) is 0 Å². The number of esters is 1. The number of ether oxygens (including phenoxy) is 1. The second kappa shape index (κ2) is 8.19. The van der Waals surface area contributed by atoms with E-state index in [-0.39, 0.29) is 6.04 Å². The molecule has 0 radical (unpaired) electrons. The molecule has 27 heavy (non-hydrogen) atoms. The van der Waals surface area contributed by atoms with E-state index in [9.17, 15) is 32.9 Å². The molecule has 1 fully saturated rings. The van der Waals surface area contributed by atoms with E-state index in [0.717, 1.165) is 45.9 Å². The Hall–Kier alpha value is -2.91.